The van der Waals surface area contributed by atoms with E-state index in [0.717, 1.165) is 11.0 Å². The average Bonchev–Trinajstić information content (AvgIpc) is 2.75. The van der Waals surface area contributed by atoms with Crippen molar-refractivity contribution in [2.45, 2.75) is 12.6 Å². The van der Waals surface area contributed by atoms with E-state index in [9.17, 15) is 0 Å². The first-order valence-electron chi connectivity index (χ1n) is 5.99. The molecular weight excluding hydrogens is 388 g/mol. The molecule has 0 aliphatic heterocycles. The van der Waals surface area contributed by atoms with Crippen LogP contribution in [0.25, 0.3) is 0 Å². The first kappa shape index (κ1) is 15.2. The molecule has 0 aliphatic rings. The molecule has 0 radical (unpaired) electrons. The molecular formula is C14H16Br2N2S. The van der Waals surface area contributed by atoms with Crippen LogP contribution in [0.3, 0.4) is 0 Å². The number of hydrogen-bond donors (Lipinski definition) is 1. The molecule has 0 saturated carbocycles. The summed E-state index contributed by atoms with van der Waals surface area (Å²) in [4.78, 5) is 2.29. The predicted molar refractivity (Wildman–Crippen MR) is 89.4 cm³/mol. The van der Waals surface area contributed by atoms with E-state index in [0.29, 0.717) is 6.54 Å². The fourth-order valence-electron chi connectivity index (χ4n) is 2.11. The van der Waals surface area contributed by atoms with Crippen molar-refractivity contribution in [2.75, 3.05) is 13.6 Å². The molecule has 0 aliphatic carbocycles. The number of likely N-dealkylation sites (N-methyl/N-ethyl adjacent to an activating group) is 1. The van der Waals surface area contributed by atoms with E-state index in [1.54, 1.807) is 11.3 Å². The Hall–Kier alpha value is -0.200. The van der Waals surface area contributed by atoms with Gasteiger partial charge in [0.05, 0.1) is 3.79 Å². The van der Waals surface area contributed by atoms with Crippen molar-refractivity contribution in [2.24, 2.45) is 5.73 Å². The quantitative estimate of drug-likeness (QED) is 0.801. The lowest BCUT2D eigenvalue weighted by molar-refractivity contribution is 0.242. The molecule has 1 atom stereocenters. The van der Waals surface area contributed by atoms with Crippen LogP contribution in [0.15, 0.2) is 44.0 Å². The van der Waals surface area contributed by atoms with Gasteiger partial charge in [-0.25, -0.2) is 0 Å². The number of rotatable bonds is 5. The van der Waals surface area contributed by atoms with Gasteiger partial charge in [0.1, 0.15) is 0 Å². The van der Waals surface area contributed by atoms with E-state index in [2.05, 4.69) is 73.5 Å². The topological polar surface area (TPSA) is 29.3 Å². The molecule has 0 bridgehead atoms. The van der Waals surface area contributed by atoms with Gasteiger partial charge in [-0.3, -0.25) is 4.90 Å². The molecule has 1 heterocycles. The summed E-state index contributed by atoms with van der Waals surface area (Å²) in [6.07, 6.45) is 0. The zero-order chi connectivity index (χ0) is 13.8. The third kappa shape index (κ3) is 4.13. The van der Waals surface area contributed by atoms with Gasteiger partial charge >= 0.3 is 0 Å². The first-order valence-corrected chi connectivity index (χ1v) is 8.45. The van der Waals surface area contributed by atoms with Crippen molar-refractivity contribution < 1.29 is 0 Å². The SMILES string of the molecule is CN(Cc1csc(Br)c1)C(CN)c1cccc(Br)c1. The molecule has 1 aromatic heterocycles. The van der Waals surface area contributed by atoms with Gasteiger partial charge in [0.2, 0.25) is 0 Å². The van der Waals surface area contributed by atoms with Crippen LogP contribution in [-0.4, -0.2) is 18.5 Å². The van der Waals surface area contributed by atoms with Crippen LogP contribution in [0, 0.1) is 0 Å². The number of nitrogens with two attached hydrogens (primary N) is 1. The maximum Gasteiger partial charge on any atom is 0.0701 e. The normalized spacial score (nSPS) is 12.9. The van der Waals surface area contributed by atoms with E-state index in [1.807, 2.05) is 6.07 Å². The highest BCUT2D eigenvalue weighted by atomic mass is 79.9. The molecule has 2 rings (SSSR count). The molecule has 19 heavy (non-hydrogen) atoms. The summed E-state index contributed by atoms with van der Waals surface area (Å²) in [5.74, 6) is 0. The summed E-state index contributed by atoms with van der Waals surface area (Å²) in [5.41, 5.74) is 8.51. The van der Waals surface area contributed by atoms with Gasteiger partial charge in [0, 0.05) is 23.6 Å². The second kappa shape index (κ2) is 6.99. The Balaban J connectivity index is 2.12. The third-order valence-corrected chi connectivity index (χ3v) is 5.09. The zero-order valence-electron chi connectivity index (χ0n) is 10.6. The highest BCUT2D eigenvalue weighted by Crippen LogP contribution is 2.26. The molecule has 1 unspecified atom stereocenters. The van der Waals surface area contributed by atoms with E-state index < -0.39 is 0 Å². The van der Waals surface area contributed by atoms with Crippen molar-refractivity contribution in [3.8, 4) is 0 Å². The van der Waals surface area contributed by atoms with E-state index in [4.69, 9.17) is 5.73 Å². The summed E-state index contributed by atoms with van der Waals surface area (Å²) < 4.78 is 2.26. The molecule has 0 amide bonds. The van der Waals surface area contributed by atoms with Gasteiger partial charge in [0.25, 0.3) is 0 Å². The van der Waals surface area contributed by atoms with Gasteiger partial charge < -0.3 is 5.73 Å². The average molecular weight is 404 g/mol. The largest absolute Gasteiger partial charge is 0.329 e. The van der Waals surface area contributed by atoms with Crippen LogP contribution in [0.1, 0.15) is 17.2 Å². The number of benzene rings is 1. The van der Waals surface area contributed by atoms with Gasteiger partial charge in [-0.15, -0.1) is 11.3 Å². The Morgan fingerprint density at radius 1 is 1.32 bits per heavy atom. The summed E-state index contributed by atoms with van der Waals surface area (Å²) in [5, 5.41) is 2.18. The number of nitrogens with zero attached hydrogens (tertiary/aromatic N) is 1. The lowest BCUT2D eigenvalue weighted by Gasteiger charge is -2.27. The van der Waals surface area contributed by atoms with E-state index >= 15 is 0 Å². The van der Waals surface area contributed by atoms with E-state index in [-0.39, 0.29) is 6.04 Å². The van der Waals surface area contributed by atoms with Crippen LogP contribution in [-0.2, 0) is 6.54 Å². The minimum absolute atomic E-state index is 0.233. The van der Waals surface area contributed by atoms with Crippen LogP contribution < -0.4 is 5.73 Å². The molecule has 5 heteroatoms. The minimum Gasteiger partial charge on any atom is -0.329 e. The number of thiophene rings is 1. The second-order valence-electron chi connectivity index (χ2n) is 4.48. The van der Waals surface area contributed by atoms with Crippen molar-refractivity contribution >= 4 is 43.2 Å². The monoisotopic (exact) mass is 402 g/mol. The Bertz CT molecular complexity index is 542. The fraction of sp³-hybridized carbons (Fsp3) is 0.286. The summed E-state index contributed by atoms with van der Waals surface area (Å²) in [6, 6.07) is 10.7. The standard InChI is InChI=1S/C14H16Br2N2S/c1-18(8-10-5-14(16)19-9-10)13(7-17)11-3-2-4-12(15)6-11/h2-6,9,13H,7-8,17H2,1H3. The van der Waals surface area contributed by atoms with Gasteiger partial charge in [0.15, 0.2) is 0 Å². The van der Waals surface area contributed by atoms with Crippen LogP contribution in [0.4, 0.5) is 0 Å². The number of halogens is 2. The molecule has 0 fully saturated rings. The Morgan fingerprint density at radius 3 is 2.68 bits per heavy atom. The number of hydrogen-bond acceptors (Lipinski definition) is 3. The smallest absolute Gasteiger partial charge is 0.0701 e. The Kier molecular flexibility index (Phi) is 5.59. The second-order valence-corrected chi connectivity index (χ2v) is 7.69. The Labute approximate surface area is 134 Å². The lowest BCUT2D eigenvalue weighted by Crippen LogP contribution is -2.30. The maximum absolute atomic E-state index is 5.95. The molecule has 1 aromatic carbocycles. The van der Waals surface area contributed by atoms with E-state index in [1.165, 1.54) is 14.9 Å². The van der Waals surface area contributed by atoms with Gasteiger partial charge in [-0.1, -0.05) is 28.1 Å². The molecule has 2 N–H and O–H groups in total. The van der Waals surface area contributed by atoms with Crippen LogP contribution in [0.5, 0.6) is 0 Å². The van der Waals surface area contributed by atoms with Crippen molar-refractivity contribution in [3.05, 3.63) is 55.1 Å². The first-order chi connectivity index (χ1) is 9.10. The van der Waals surface area contributed by atoms with Gasteiger partial charge in [-0.05, 0) is 57.7 Å². The van der Waals surface area contributed by atoms with Crippen molar-refractivity contribution in [3.63, 3.8) is 0 Å². The molecule has 2 nitrogen and oxygen atoms in total. The summed E-state index contributed by atoms with van der Waals surface area (Å²) in [7, 11) is 2.12. The van der Waals surface area contributed by atoms with Gasteiger partial charge in [-0.2, -0.15) is 0 Å². The fourth-order valence-corrected chi connectivity index (χ4v) is 3.73. The molecule has 0 saturated heterocycles. The minimum atomic E-state index is 0.233. The lowest BCUT2D eigenvalue weighted by atomic mass is 10.1. The molecule has 0 spiro atoms. The maximum atomic E-state index is 5.95. The Morgan fingerprint density at radius 2 is 2.11 bits per heavy atom. The van der Waals surface area contributed by atoms with Crippen molar-refractivity contribution in [1.29, 1.82) is 0 Å². The van der Waals surface area contributed by atoms with Crippen LogP contribution >= 0.6 is 43.2 Å². The highest BCUT2D eigenvalue weighted by molar-refractivity contribution is 9.11. The molecule has 2 aromatic rings. The van der Waals surface area contributed by atoms with Crippen molar-refractivity contribution in [1.82, 2.24) is 4.90 Å². The summed E-state index contributed by atoms with van der Waals surface area (Å²) >= 11 is 8.73. The third-order valence-electron chi connectivity index (χ3n) is 3.04. The predicted octanol–water partition coefficient (Wildman–Crippen LogP) is 4.40. The summed E-state index contributed by atoms with van der Waals surface area (Å²) in [6.45, 7) is 1.51. The highest BCUT2D eigenvalue weighted by Gasteiger charge is 2.16. The van der Waals surface area contributed by atoms with Crippen LogP contribution in [0.2, 0.25) is 0 Å². The molecule has 102 valence electrons. The zero-order valence-corrected chi connectivity index (χ0v) is 14.6.